The molecule has 0 radical (unpaired) electrons. The molecule has 0 saturated carbocycles. The summed E-state index contributed by atoms with van der Waals surface area (Å²) in [5, 5.41) is 5.84. The van der Waals surface area contributed by atoms with E-state index in [1.165, 1.54) is 11.3 Å². The number of ether oxygens (including phenoxy) is 1. The number of aryl methyl sites for hydroxylation is 2. The Morgan fingerprint density at radius 1 is 1.43 bits per heavy atom. The van der Waals surface area contributed by atoms with E-state index >= 15 is 0 Å². The van der Waals surface area contributed by atoms with Crippen LogP contribution in [-0.4, -0.2) is 18.7 Å². The van der Waals surface area contributed by atoms with Gasteiger partial charge in [-0.15, -0.1) is 11.3 Å². The molecule has 1 heterocycles. The van der Waals surface area contributed by atoms with E-state index < -0.39 is 0 Å². The lowest BCUT2D eigenvalue weighted by Gasteiger charge is -2.08. The van der Waals surface area contributed by atoms with Crippen LogP contribution >= 0.6 is 27.3 Å². The van der Waals surface area contributed by atoms with Crippen molar-refractivity contribution in [3.05, 3.63) is 50.1 Å². The Kier molecular flexibility index (Phi) is 5.52. The molecule has 1 N–H and O–H groups in total. The van der Waals surface area contributed by atoms with E-state index in [1.807, 2.05) is 43.5 Å². The zero-order valence-electron chi connectivity index (χ0n) is 11.7. The molecule has 0 unspecified atom stereocenters. The topological polar surface area (TPSA) is 50.7 Å². The standard InChI is InChI=1S/C15H15BrN2O2S/c1-10-3-4-14(11(2)5-10)20-8-15(19)18-17-7-13-6-12(16)9-21-13/h3-7,9H,8H2,1-2H3,(H,18,19)/b17-7-. The molecule has 0 aliphatic heterocycles. The van der Waals surface area contributed by atoms with Gasteiger partial charge in [-0.1, -0.05) is 17.7 Å². The van der Waals surface area contributed by atoms with E-state index in [0.29, 0.717) is 5.75 Å². The third kappa shape index (κ3) is 4.99. The van der Waals surface area contributed by atoms with Gasteiger partial charge in [-0.2, -0.15) is 5.10 Å². The quantitative estimate of drug-likeness (QED) is 0.648. The lowest BCUT2D eigenvalue weighted by atomic mass is 10.1. The summed E-state index contributed by atoms with van der Waals surface area (Å²) >= 11 is 4.89. The molecule has 110 valence electrons. The van der Waals surface area contributed by atoms with E-state index in [1.54, 1.807) is 6.21 Å². The highest BCUT2D eigenvalue weighted by molar-refractivity contribution is 9.10. The molecule has 0 spiro atoms. The van der Waals surface area contributed by atoms with Crippen molar-refractivity contribution in [2.75, 3.05) is 6.61 Å². The zero-order valence-corrected chi connectivity index (χ0v) is 14.1. The summed E-state index contributed by atoms with van der Waals surface area (Å²) in [6.07, 6.45) is 1.60. The average molecular weight is 367 g/mol. The van der Waals surface area contributed by atoms with Crippen LogP contribution in [0.3, 0.4) is 0 Å². The summed E-state index contributed by atoms with van der Waals surface area (Å²) < 4.78 is 6.47. The van der Waals surface area contributed by atoms with Crippen molar-refractivity contribution in [2.45, 2.75) is 13.8 Å². The van der Waals surface area contributed by atoms with Crippen LogP contribution in [0.15, 0.2) is 39.2 Å². The highest BCUT2D eigenvalue weighted by Gasteiger charge is 2.04. The molecule has 6 heteroatoms. The lowest BCUT2D eigenvalue weighted by Crippen LogP contribution is -2.24. The van der Waals surface area contributed by atoms with Gasteiger partial charge in [0, 0.05) is 14.7 Å². The summed E-state index contributed by atoms with van der Waals surface area (Å²) in [6, 6.07) is 7.75. The van der Waals surface area contributed by atoms with Crippen LogP contribution in [0.2, 0.25) is 0 Å². The molecular formula is C15H15BrN2O2S. The fraction of sp³-hybridized carbons (Fsp3) is 0.200. The van der Waals surface area contributed by atoms with Crippen LogP contribution in [-0.2, 0) is 4.79 Å². The molecule has 0 saturated heterocycles. The first-order valence-corrected chi connectivity index (χ1v) is 7.98. The summed E-state index contributed by atoms with van der Waals surface area (Å²) in [5.74, 6) is 0.420. The van der Waals surface area contributed by atoms with Crippen molar-refractivity contribution >= 4 is 39.4 Å². The summed E-state index contributed by atoms with van der Waals surface area (Å²) in [4.78, 5) is 12.6. The molecule has 4 nitrogen and oxygen atoms in total. The zero-order chi connectivity index (χ0) is 15.2. The molecule has 0 bridgehead atoms. The third-order valence-corrected chi connectivity index (χ3v) is 4.29. The molecule has 21 heavy (non-hydrogen) atoms. The van der Waals surface area contributed by atoms with Gasteiger partial charge >= 0.3 is 0 Å². The molecule has 2 rings (SSSR count). The Labute approximate surface area is 136 Å². The number of nitrogens with one attached hydrogen (secondary N) is 1. The van der Waals surface area contributed by atoms with E-state index in [9.17, 15) is 4.79 Å². The number of thiophene rings is 1. The predicted molar refractivity (Wildman–Crippen MR) is 89.2 cm³/mol. The van der Waals surface area contributed by atoms with Gasteiger partial charge in [-0.25, -0.2) is 5.43 Å². The maximum atomic E-state index is 11.6. The summed E-state index contributed by atoms with van der Waals surface area (Å²) in [7, 11) is 0. The van der Waals surface area contributed by atoms with Gasteiger partial charge in [0.05, 0.1) is 6.21 Å². The Morgan fingerprint density at radius 3 is 2.90 bits per heavy atom. The van der Waals surface area contributed by atoms with E-state index in [-0.39, 0.29) is 12.5 Å². The van der Waals surface area contributed by atoms with Gasteiger partial charge in [0.1, 0.15) is 5.75 Å². The number of hydrogen-bond donors (Lipinski definition) is 1. The lowest BCUT2D eigenvalue weighted by molar-refractivity contribution is -0.123. The Bertz CT molecular complexity index is 667. The molecule has 0 atom stereocenters. The minimum Gasteiger partial charge on any atom is -0.483 e. The Balaban J connectivity index is 1.81. The maximum absolute atomic E-state index is 11.6. The number of nitrogens with zero attached hydrogens (tertiary/aromatic N) is 1. The van der Waals surface area contributed by atoms with Gasteiger partial charge in [0.2, 0.25) is 0 Å². The smallest absolute Gasteiger partial charge is 0.277 e. The number of rotatable bonds is 5. The van der Waals surface area contributed by atoms with Crippen LogP contribution in [0.5, 0.6) is 5.75 Å². The fourth-order valence-electron chi connectivity index (χ4n) is 1.70. The summed E-state index contributed by atoms with van der Waals surface area (Å²) in [5.41, 5.74) is 4.61. The highest BCUT2D eigenvalue weighted by Crippen LogP contribution is 2.19. The number of amides is 1. The van der Waals surface area contributed by atoms with E-state index in [4.69, 9.17) is 4.74 Å². The second kappa shape index (κ2) is 7.38. The Hall–Kier alpha value is -1.66. The van der Waals surface area contributed by atoms with Crippen LogP contribution in [0.1, 0.15) is 16.0 Å². The van der Waals surface area contributed by atoms with Crippen LogP contribution < -0.4 is 10.2 Å². The number of hydrogen-bond acceptors (Lipinski definition) is 4. The highest BCUT2D eigenvalue weighted by atomic mass is 79.9. The van der Waals surface area contributed by atoms with Crippen molar-refractivity contribution in [3.63, 3.8) is 0 Å². The monoisotopic (exact) mass is 366 g/mol. The van der Waals surface area contributed by atoms with E-state index in [2.05, 4.69) is 26.5 Å². The van der Waals surface area contributed by atoms with Crippen molar-refractivity contribution in [1.29, 1.82) is 0 Å². The van der Waals surface area contributed by atoms with Crippen molar-refractivity contribution in [1.82, 2.24) is 5.43 Å². The molecule has 0 fully saturated rings. The van der Waals surface area contributed by atoms with Gasteiger partial charge in [0.25, 0.3) is 5.91 Å². The average Bonchev–Trinajstić information content (AvgIpc) is 2.83. The van der Waals surface area contributed by atoms with Gasteiger partial charge in [0.15, 0.2) is 6.61 Å². The van der Waals surface area contributed by atoms with Crippen molar-refractivity contribution in [2.24, 2.45) is 5.10 Å². The second-order valence-electron chi connectivity index (χ2n) is 4.52. The Morgan fingerprint density at radius 2 is 2.24 bits per heavy atom. The van der Waals surface area contributed by atoms with Gasteiger partial charge in [-0.05, 0) is 47.5 Å². The number of hydrazone groups is 1. The van der Waals surface area contributed by atoms with Crippen LogP contribution in [0.4, 0.5) is 0 Å². The molecular weight excluding hydrogens is 352 g/mol. The first kappa shape index (κ1) is 15.7. The SMILES string of the molecule is Cc1ccc(OCC(=O)N/N=C\c2cc(Br)cs2)c(C)c1. The molecule has 0 aliphatic carbocycles. The molecule has 1 aromatic heterocycles. The van der Waals surface area contributed by atoms with Crippen LogP contribution in [0.25, 0.3) is 0 Å². The number of carbonyl (C=O) groups excluding carboxylic acids is 1. The molecule has 1 aromatic carbocycles. The molecule has 0 aliphatic rings. The predicted octanol–water partition coefficient (Wildman–Crippen LogP) is 3.66. The first-order valence-electron chi connectivity index (χ1n) is 6.30. The van der Waals surface area contributed by atoms with Crippen molar-refractivity contribution in [3.8, 4) is 5.75 Å². The largest absolute Gasteiger partial charge is 0.483 e. The normalized spacial score (nSPS) is 10.8. The fourth-order valence-corrected chi connectivity index (χ4v) is 3.00. The third-order valence-electron chi connectivity index (χ3n) is 2.66. The minimum absolute atomic E-state index is 0.0601. The first-order chi connectivity index (χ1) is 10.0. The number of halogens is 1. The van der Waals surface area contributed by atoms with Crippen LogP contribution in [0, 0.1) is 13.8 Å². The van der Waals surface area contributed by atoms with Gasteiger partial charge in [-0.3, -0.25) is 4.79 Å². The maximum Gasteiger partial charge on any atom is 0.277 e. The van der Waals surface area contributed by atoms with Crippen molar-refractivity contribution < 1.29 is 9.53 Å². The second-order valence-corrected chi connectivity index (χ2v) is 6.38. The summed E-state index contributed by atoms with van der Waals surface area (Å²) in [6.45, 7) is 3.91. The number of benzene rings is 1. The van der Waals surface area contributed by atoms with Gasteiger partial charge < -0.3 is 4.74 Å². The number of carbonyl (C=O) groups is 1. The van der Waals surface area contributed by atoms with E-state index in [0.717, 1.165) is 20.5 Å². The molecule has 2 aromatic rings. The molecule has 1 amide bonds. The minimum atomic E-state index is -0.290.